The van der Waals surface area contributed by atoms with Crippen molar-refractivity contribution in [3.63, 3.8) is 0 Å². The van der Waals surface area contributed by atoms with Gasteiger partial charge in [-0.1, -0.05) is 15.9 Å². The van der Waals surface area contributed by atoms with Gasteiger partial charge in [-0.2, -0.15) is 0 Å². The standard InChI is InChI=1S/C12H15BrO3S/c13-9-1-5-11(6-2-9)17(15,16)12-7-3-10(14)4-8-12/h1-2,5-6,10,12,14H,3-4,7-8H2. The van der Waals surface area contributed by atoms with E-state index in [1.165, 1.54) is 0 Å². The van der Waals surface area contributed by atoms with Gasteiger partial charge in [-0.15, -0.1) is 0 Å². The van der Waals surface area contributed by atoms with Crippen molar-refractivity contribution in [3.8, 4) is 0 Å². The molecule has 1 N–H and O–H groups in total. The van der Waals surface area contributed by atoms with Gasteiger partial charge in [0, 0.05) is 4.47 Å². The Hall–Kier alpha value is -0.390. The van der Waals surface area contributed by atoms with E-state index >= 15 is 0 Å². The van der Waals surface area contributed by atoms with Gasteiger partial charge in [0.2, 0.25) is 0 Å². The molecule has 1 aromatic rings. The average molecular weight is 319 g/mol. The molecule has 1 aromatic carbocycles. The topological polar surface area (TPSA) is 54.4 Å². The van der Waals surface area contributed by atoms with Gasteiger partial charge in [0.1, 0.15) is 0 Å². The number of aliphatic hydroxyl groups is 1. The Morgan fingerprint density at radius 3 is 2.12 bits per heavy atom. The van der Waals surface area contributed by atoms with Gasteiger partial charge in [-0.25, -0.2) is 8.42 Å². The first-order chi connectivity index (χ1) is 8.00. The average Bonchev–Trinajstić information content (AvgIpc) is 2.30. The summed E-state index contributed by atoms with van der Waals surface area (Å²) in [7, 11) is -3.23. The van der Waals surface area contributed by atoms with Gasteiger partial charge in [0.25, 0.3) is 0 Å². The molecule has 17 heavy (non-hydrogen) atoms. The van der Waals surface area contributed by atoms with Crippen molar-refractivity contribution in [2.24, 2.45) is 0 Å². The summed E-state index contributed by atoms with van der Waals surface area (Å²) in [5, 5.41) is 9.06. The summed E-state index contributed by atoms with van der Waals surface area (Å²) in [4.78, 5) is 0.377. The molecular weight excluding hydrogens is 304 g/mol. The largest absolute Gasteiger partial charge is 0.393 e. The van der Waals surface area contributed by atoms with Gasteiger partial charge in [0.15, 0.2) is 9.84 Å². The maximum absolute atomic E-state index is 12.3. The van der Waals surface area contributed by atoms with Crippen LogP contribution in [-0.2, 0) is 9.84 Å². The first kappa shape index (κ1) is 13.1. The van der Waals surface area contributed by atoms with Crippen LogP contribution in [0.3, 0.4) is 0 Å². The molecule has 0 aromatic heterocycles. The number of hydrogen-bond acceptors (Lipinski definition) is 3. The summed E-state index contributed by atoms with van der Waals surface area (Å²) < 4.78 is 25.5. The zero-order valence-corrected chi connectivity index (χ0v) is 11.7. The second-order valence-corrected chi connectivity index (χ2v) is 7.57. The molecule has 94 valence electrons. The van der Waals surface area contributed by atoms with E-state index in [1.807, 2.05) is 0 Å². The number of rotatable bonds is 2. The summed E-state index contributed by atoms with van der Waals surface area (Å²) in [6.07, 6.45) is 1.95. The van der Waals surface area contributed by atoms with Crippen LogP contribution in [0, 0.1) is 0 Å². The first-order valence-corrected chi connectivity index (χ1v) is 8.01. The molecule has 0 radical (unpaired) electrons. The summed E-state index contributed by atoms with van der Waals surface area (Å²) in [5.41, 5.74) is 0. The normalized spacial score (nSPS) is 25.8. The van der Waals surface area contributed by atoms with E-state index in [1.54, 1.807) is 24.3 Å². The SMILES string of the molecule is O=S(=O)(c1ccc(Br)cc1)C1CCC(O)CC1. The van der Waals surface area contributed by atoms with Crippen molar-refractivity contribution in [1.82, 2.24) is 0 Å². The van der Waals surface area contributed by atoms with Crippen LogP contribution in [0.5, 0.6) is 0 Å². The highest BCUT2D eigenvalue weighted by Crippen LogP contribution is 2.29. The third-order valence-corrected chi connectivity index (χ3v) is 6.03. The highest BCUT2D eigenvalue weighted by molar-refractivity contribution is 9.10. The molecular formula is C12H15BrO3S. The third kappa shape index (κ3) is 2.89. The third-order valence-electron chi connectivity index (χ3n) is 3.22. The fourth-order valence-electron chi connectivity index (χ4n) is 2.17. The lowest BCUT2D eigenvalue weighted by atomic mass is 9.97. The molecule has 5 heteroatoms. The van der Waals surface area contributed by atoms with E-state index in [4.69, 9.17) is 0 Å². The van der Waals surface area contributed by atoms with Gasteiger partial charge in [0.05, 0.1) is 16.2 Å². The second kappa shape index (κ2) is 5.08. The van der Waals surface area contributed by atoms with Crippen LogP contribution in [0.2, 0.25) is 0 Å². The molecule has 0 aliphatic heterocycles. The molecule has 0 spiro atoms. The Balaban J connectivity index is 2.21. The molecule has 1 saturated carbocycles. The van der Waals surface area contributed by atoms with Crippen LogP contribution >= 0.6 is 15.9 Å². The predicted octanol–water partition coefficient (Wildman–Crippen LogP) is 2.53. The predicted molar refractivity (Wildman–Crippen MR) is 69.6 cm³/mol. The van der Waals surface area contributed by atoms with Gasteiger partial charge >= 0.3 is 0 Å². The fraction of sp³-hybridized carbons (Fsp3) is 0.500. The summed E-state index contributed by atoms with van der Waals surface area (Å²) >= 11 is 3.29. The minimum absolute atomic E-state index is 0.327. The number of benzene rings is 1. The van der Waals surface area contributed by atoms with E-state index in [0.717, 1.165) is 4.47 Å². The van der Waals surface area contributed by atoms with Crippen molar-refractivity contribution >= 4 is 25.8 Å². The number of aliphatic hydroxyl groups excluding tert-OH is 1. The summed E-state index contributed by atoms with van der Waals surface area (Å²) in [6, 6.07) is 6.74. The zero-order chi connectivity index (χ0) is 12.5. The first-order valence-electron chi connectivity index (χ1n) is 5.67. The van der Waals surface area contributed by atoms with E-state index < -0.39 is 9.84 Å². The minimum atomic E-state index is -3.23. The molecule has 0 bridgehead atoms. The lowest BCUT2D eigenvalue weighted by molar-refractivity contribution is 0.131. The number of sulfone groups is 1. The molecule has 1 fully saturated rings. The summed E-state index contributed by atoms with van der Waals surface area (Å²) in [5.74, 6) is 0. The van der Waals surface area contributed by atoms with Crippen molar-refractivity contribution < 1.29 is 13.5 Å². The molecule has 1 aliphatic rings. The zero-order valence-electron chi connectivity index (χ0n) is 9.34. The maximum atomic E-state index is 12.3. The monoisotopic (exact) mass is 318 g/mol. The van der Waals surface area contributed by atoms with Crippen LogP contribution in [0.4, 0.5) is 0 Å². The van der Waals surface area contributed by atoms with Crippen LogP contribution in [0.1, 0.15) is 25.7 Å². The van der Waals surface area contributed by atoms with Gasteiger partial charge in [-0.3, -0.25) is 0 Å². The van der Waals surface area contributed by atoms with Crippen LogP contribution < -0.4 is 0 Å². The lowest BCUT2D eigenvalue weighted by Gasteiger charge is -2.25. The van der Waals surface area contributed by atoms with Crippen molar-refractivity contribution in [1.29, 1.82) is 0 Å². The Kier molecular flexibility index (Phi) is 3.90. The van der Waals surface area contributed by atoms with Crippen LogP contribution in [0.15, 0.2) is 33.6 Å². The fourth-order valence-corrected chi connectivity index (χ4v) is 4.23. The lowest BCUT2D eigenvalue weighted by Crippen LogP contribution is -2.29. The second-order valence-electron chi connectivity index (χ2n) is 4.43. The maximum Gasteiger partial charge on any atom is 0.181 e. The summed E-state index contributed by atoms with van der Waals surface area (Å²) in [6.45, 7) is 0. The molecule has 0 unspecified atom stereocenters. The molecule has 0 atom stereocenters. The Labute approximate surface area is 110 Å². The van der Waals surface area contributed by atoms with E-state index in [-0.39, 0.29) is 11.4 Å². The highest BCUT2D eigenvalue weighted by atomic mass is 79.9. The molecule has 0 amide bonds. The van der Waals surface area contributed by atoms with Gasteiger partial charge in [-0.05, 0) is 49.9 Å². The van der Waals surface area contributed by atoms with E-state index in [2.05, 4.69) is 15.9 Å². The molecule has 1 aliphatic carbocycles. The van der Waals surface area contributed by atoms with Crippen LogP contribution in [-0.4, -0.2) is 24.9 Å². The molecule has 3 nitrogen and oxygen atoms in total. The Morgan fingerprint density at radius 2 is 1.59 bits per heavy atom. The van der Waals surface area contributed by atoms with Crippen molar-refractivity contribution in [2.45, 2.75) is 41.9 Å². The minimum Gasteiger partial charge on any atom is -0.393 e. The van der Waals surface area contributed by atoms with Crippen molar-refractivity contribution in [2.75, 3.05) is 0 Å². The van der Waals surface area contributed by atoms with Crippen molar-refractivity contribution in [3.05, 3.63) is 28.7 Å². The smallest absolute Gasteiger partial charge is 0.181 e. The molecule has 0 heterocycles. The quantitative estimate of drug-likeness (QED) is 0.911. The van der Waals surface area contributed by atoms with E-state index in [0.29, 0.717) is 30.6 Å². The Bertz CT molecular complexity index is 473. The number of halogens is 1. The molecule has 0 saturated heterocycles. The number of hydrogen-bond donors (Lipinski definition) is 1. The van der Waals surface area contributed by atoms with E-state index in [9.17, 15) is 13.5 Å². The molecule has 2 rings (SSSR count). The van der Waals surface area contributed by atoms with Crippen LogP contribution in [0.25, 0.3) is 0 Å². The van der Waals surface area contributed by atoms with Gasteiger partial charge < -0.3 is 5.11 Å². The highest BCUT2D eigenvalue weighted by Gasteiger charge is 2.31. The Morgan fingerprint density at radius 1 is 1.06 bits per heavy atom.